The van der Waals surface area contributed by atoms with Gasteiger partial charge in [-0.05, 0) is 90.1 Å². The van der Waals surface area contributed by atoms with Crippen LogP contribution < -0.4 is 0 Å². The van der Waals surface area contributed by atoms with Gasteiger partial charge in [0.15, 0.2) is 0 Å². The average molecular weight is 562 g/mol. The van der Waals surface area contributed by atoms with Gasteiger partial charge in [0.25, 0.3) is 5.91 Å². The highest BCUT2D eigenvalue weighted by atomic mass is 35.5. The minimum atomic E-state index is -0.196. The molecule has 2 aliphatic heterocycles. The summed E-state index contributed by atoms with van der Waals surface area (Å²) in [4.78, 5) is 18.5. The molecule has 2 aliphatic rings. The maximum Gasteiger partial charge on any atom is 0.253 e. The van der Waals surface area contributed by atoms with Crippen molar-refractivity contribution in [1.29, 1.82) is 0 Å². The highest BCUT2D eigenvalue weighted by Gasteiger charge is 2.22. The van der Waals surface area contributed by atoms with Crippen molar-refractivity contribution >= 4 is 47.6 Å². The Morgan fingerprint density at radius 3 is 2.24 bits per heavy atom. The Kier molecular flexibility index (Phi) is 10.8. The van der Waals surface area contributed by atoms with Gasteiger partial charge in [0.05, 0.1) is 0 Å². The highest BCUT2D eigenvalue weighted by molar-refractivity contribution is 7.11. The third kappa shape index (κ3) is 7.02. The molecule has 0 spiro atoms. The molecule has 0 radical (unpaired) electrons. The van der Waals surface area contributed by atoms with E-state index >= 15 is 0 Å². The summed E-state index contributed by atoms with van der Waals surface area (Å²) in [5, 5.41) is 2.24. The molecule has 0 aliphatic carbocycles. The van der Waals surface area contributed by atoms with E-state index in [0.29, 0.717) is 0 Å². The van der Waals surface area contributed by atoms with Crippen LogP contribution in [0.25, 0.3) is 5.57 Å². The summed E-state index contributed by atoms with van der Waals surface area (Å²) in [6, 6.07) is 17.4. The molecule has 0 N–H and O–H groups in total. The maximum atomic E-state index is 13.6. The van der Waals surface area contributed by atoms with Crippen molar-refractivity contribution in [3.05, 3.63) is 98.5 Å². The van der Waals surface area contributed by atoms with Crippen LogP contribution in [-0.4, -0.2) is 41.9 Å². The van der Waals surface area contributed by atoms with Crippen LogP contribution >= 0.6 is 36.2 Å². The monoisotopic (exact) mass is 560 g/mol. The second-order valence-electron chi connectivity index (χ2n) is 9.63. The van der Waals surface area contributed by atoms with Crippen LogP contribution in [0.1, 0.15) is 64.5 Å². The molecule has 1 aromatic heterocycles. The molecular formula is C30H35Cl2FN2OS. The van der Waals surface area contributed by atoms with Crippen molar-refractivity contribution in [2.45, 2.75) is 45.6 Å². The van der Waals surface area contributed by atoms with Gasteiger partial charge in [-0.3, -0.25) is 9.69 Å². The number of likely N-dealkylation sites (tertiary alicyclic amines) is 2. The summed E-state index contributed by atoms with van der Waals surface area (Å²) >= 11 is 1.79. The number of piperidine rings is 1. The molecule has 0 saturated carbocycles. The summed E-state index contributed by atoms with van der Waals surface area (Å²) in [6.45, 7) is 6.77. The van der Waals surface area contributed by atoms with Gasteiger partial charge in [-0.1, -0.05) is 36.8 Å². The van der Waals surface area contributed by atoms with Gasteiger partial charge in [-0.2, -0.15) is 0 Å². The fourth-order valence-electron chi connectivity index (χ4n) is 5.22. The lowest BCUT2D eigenvalue weighted by molar-refractivity contribution is 0.0792. The number of hydrogen-bond acceptors (Lipinski definition) is 3. The van der Waals surface area contributed by atoms with Gasteiger partial charge in [-0.15, -0.1) is 36.2 Å². The number of nitrogens with zero attached hydrogens (tertiary/aromatic N) is 2. The SMILES string of the molecule is CCc1csc(C(=C2CCN(Cc3cccc(C(=O)N4CCCC4)c3)CC2)c2ccc(F)cc2)c1.Cl.Cl. The molecule has 198 valence electrons. The topological polar surface area (TPSA) is 23.6 Å². The van der Waals surface area contributed by atoms with Crippen LogP contribution in [0.4, 0.5) is 4.39 Å². The fraction of sp³-hybridized carbons (Fsp3) is 0.367. The predicted molar refractivity (Wildman–Crippen MR) is 157 cm³/mol. The van der Waals surface area contributed by atoms with E-state index in [-0.39, 0.29) is 36.5 Å². The second-order valence-corrected chi connectivity index (χ2v) is 10.5. The Bertz CT molecular complexity index is 1210. The summed E-state index contributed by atoms with van der Waals surface area (Å²) in [7, 11) is 0. The average Bonchev–Trinajstić information content (AvgIpc) is 3.59. The van der Waals surface area contributed by atoms with Crippen molar-refractivity contribution in [1.82, 2.24) is 9.80 Å². The molecule has 3 nitrogen and oxygen atoms in total. The summed E-state index contributed by atoms with van der Waals surface area (Å²) < 4.78 is 13.6. The molecule has 3 heterocycles. The molecule has 7 heteroatoms. The Hall–Kier alpha value is -2.18. The number of rotatable bonds is 6. The first-order chi connectivity index (χ1) is 17.1. The Morgan fingerprint density at radius 2 is 1.59 bits per heavy atom. The molecule has 3 aromatic rings. The van der Waals surface area contributed by atoms with E-state index in [0.717, 1.165) is 76.0 Å². The summed E-state index contributed by atoms with van der Waals surface area (Å²) in [5.41, 5.74) is 7.21. The number of carbonyl (C=O) groups is 1. The molecule has 2 fully saturated rings. The summed E-state index contributed by atoms with van der Waals surface area (Å²) in [5.74, 6) is -0.0293. The van der Waals surface area contributed by atoms with Crippen molar-refractivity contribution < 1.29 is 9.18 Å². The number of aryl methyl sites for hydroxylation is 1. The van der Waals surface area contributed by atoms with Gasteiger partial charge in [0.2, 0.25) is 0 Å². The minimum absolute atomic E-state index is 0. The van der Waals surface area contributed by atoms with Crippen molar-refractivity contribution in [2.75, 3.05) is 26.2 Å². The molecular weight excluding hydrogens is 526 g/mol. The number of carbonyl (C=O) groups excluding carboxylic acids is 1. The number of halogens is 3. The van der Waals surface area contributed by atoms with E-state index in [2.05, 4.69) is 35.4 Å². The third-order valence-electron chi connectivity index (χ3n) is 7.23. The molecule has 2 aromatic carbocycles. The first-order valence-electron chi connectivity index (χ1n) is 12.8. The quantitative estimate of drug-likeness (QED) is 0.309. The van der Waals surface area contributed by atoms with Crippen LogP contribution in [0.5, 0.6) is 0 Å². The lowest BCUT2D eigenvalue weighted by Gasteiger charge is -2.30. The zero-order chi connectivity index (χ0) is 24.2. The first kappa shape index (κ1) is 29.4. The minimum Gasteiger partial charge on any atom is -0.339 e. The lowest BCUT2D eigenvalue weighted by Crippen LogP contribution is -2.31. The Labute approximate surface area is 236 Å². The largest absolute Gasteiger partial charge is 0.339 e. The van der Waals surface area contributed by atoms with Crippen molar-refractivity contribution in [3.8, 4) is 0 Å². The standard InChI is InChI=1S/C30H33FN2OS.2ClH/c1-2-22-19-28(35-21-22)29(24-8-10-27(31)11-9-24)25-12-16-32(17-13-25)20-23-6-5-7-26(18-23)30(34)33-14-3-4-15-33;;/h5-11,18-19,21H,2-4,12-17,20H2,1H3;2*1H. The highest BCUT2D eigenvalue weighted by Crippen LogP contribution is 2.36. The maximum absolute atomic E-state index is 13.6. The van der Waals surface area contributed by atoms with Crippen molar-refractivity contribution in [3.63, 3.8) is 0 Å². The van der Waals surface area contributed by atoms with E-state index in [1.807, 2.05) is 29.2 Å². The number of benzene rings is 2. The zero-order valence-corrected chi connectivity index (χ0v) is 23.7. The molecule has 0 unspecified atom stereocenters. The third-order valence-corrected chi connectivity index (χ3v) is 8.22. The van der Waals surface area contributed by atoms with E-state index in [1.54, 1.807) is 23.5 Å². The van der Waals surface area contributed by atoms with Crippen LogP contribution in [-0.2, 0) is 13.0 Å². The van der Waals surface area contributed by atoms with Crippen LogP contribution in [0, 0.1) is 5.82 Å². The molecule has 2 saturated heterocycles. The molecule has 0 atom stereocenters. The normalized spacial score (nSPS) is 15.7. The molecule has 1 amide bonds. The molecule has 37 heavy (non-hydrogen) atoms. The van der Waals surface area contributed by atoms with E-state index < -0.39 is 0 Å². The van der Waals surface area contributed by atoms with Crippen molar-refractivity contribution in [2.24, 2.45) is 0 Å². The van der Waals surface area contributed by atoms with Gasteiger partial charge >= 0.3 is 0 Å². The van der Waals surface area contributed by atoms with Crippen LogP contribution in [0.15, 0.2) is 65.6 Å². The molecule has 5 rings (SSSR count). The number of thiophene rings is 1. The molecule has 0 bridgehead atoms. The first-order valence-corrected chi connectivity index (χ1v) is 13.6. The van der Waals surface area contributed by atoms with Gasteiger partial charge in [0, 0.05) is 43.2 Å². The summed E-state index contributed by atoms with van der Waals surface area (Å²) in [6.07, 6.45) is 5.24. The van der Waals surface area contributed by atoms with Gasteiger partial charge in [0.1, 0.15) is 5.82 Å². The van der Waals surface area contributed by atoms with E-state index in [4.69, 9.17) is 0 Å². The van der Waals surface area contributed by atoms with Crippen LogP contribution in [0.2, 0.25) is 0 Å². The van der Waals surface area contributed by atoms with Gasteiger partial charge < -0.3 is 4.90 Å². The Morgan fingerprint density at radius 1 is 0.892 bits per heavy atom. The Balaban J connectivity index is 0.00000190. The number of amides is 1. The van der Waals surface area contributed by atoms with E-state index in [1.165, 1.54) is 27.2 Å². The lowest BCUT2D eigenvalue weighted by atomic mass is 9.91. The van der Waals surface area contributed by atoms with Crippen LogP contribution in [0.3, 0.4) is 0 Å². The fourth-order valence-corrected chi connectivity index (χ4v) is 6.34. The zero-order valence-electron chi connectivity index (χ0n) is 21.2. The van der Waals surface area contributed by atoms with Gasteiger partial charge in [-0.25, -0.2) is 4.39 Å². The predicted octanol–water partition coefficient (Wildman–Crippen LogP) is 7.63. The smallest absolute Gasteiger partial charge is 0.253 e. The second kappa shape index (κ2) is 13.6. The van der Waals surface area contributed by atoms with E-state index in [9.17, 15) is 9.18 Å². The number of hydrogen-bond donors (Lipinski definition) is 0.